The third-order valence-electron chi connectivity index (χ3n) is 4.33. The van der Waals surface area contributed by atoms with Gasteiger partial charge in [-0.15, -0.1) is 0 Å². The Balaban J connectivity index is 2.37. The molecular formula is C22H29NO3. The monoisotopic (exact) mass is 355 g/mol. The Labute approximate surface area is 155 Å². The molecule has 0 saturated heterocycles. The van der Waals surface area contributed by atoms with Crippen molar-refractivity contribution in [3.63, 3.8) is 0 Å². The number of carbonyl (C=O) groups is 1. The minimum absolute atomic E-state index is 0.0392. The lowest BCUT2D eigenvalue weighted by atomic mass is 9.78. The molecule has 0 radical (unpaired) electrons. The number of para-hydroxylation sites is 2. The molecule has 1 amide bonds. The number of phenolic OH excluding ortho intramolecular Hbond substituents is 2. The van der Waals surface area contributed by atoms with Gasteiger partial charge in [0.25, 0.3) is 0 Å². The Morgan fingerprint density at radius 3 is 1.88 bits per heavy atom. The van der Waals surface area contributed by atoms with E-state index in [2.05, 4.69) is 5.32 Å². The molecular weight excluding hydrogens is 326 g/mol. The van der Waals surface area contributed by atoms with Gasteiger partial charge in [-0.05, 0) is 39.7 Å². The largest absolute Gasteiger partial charge is 0.507 e. The fraction of sp³-hybridized carbons (Fsp3) is 0.409. The standard InChI is InChI=1S/C22H29NO3/c1-21(2,3)15-11-14(12-16(20(15)26)22(4,5)6)13-19(25)23-17-9-7-8-10-18(17)24/h7-12,24,26H,13H2,1-6H3,(H,23,25). The van der Waals surface area contributed by atoms with Gasteiger partial charge in [0.2, 0.25) is 5.91 Å². The average molecular weight is 355 g/mol. The zero-order chi connectivity index (χ0) is 19.7. The van der Waals surface area contributed by atoms with Gasteiger partial charge >= 0.3 is 0 Å². The predicted molar refractivity (Wildman–Crippen MR) is 106 cm³/mol. The molecule has 0 unspecified atom stereocenters. The maximum atomic E-state index is 12.5. The molecule has 0 saturated carbocycles. The molecule has 0 aromatic heterocycles. The third-order valence-corrected chi connectivity index (χ3v) is 4.33. The molecule has 0 aliphatic carbocycles. The van der Waals surface area contributed by atoms with Gasteiger partial charge in [0.05, 0.1) is 12.1 Å². The minimum Gasteiger partial charge on any atom is -0.507 e. The van der Waals surface area contributed by atoms with Gasteiger partial charge in [0, 0.05) is 0 Å². The smallest absolute Gasteiger partial charge is 0.228 e. The Bertz CT molecular complexity index is 776. The van der Waals surface area contributed by atoms with Crippen molar-refractivity contribution in [1.29, 1.82) is 0 Å². The van der Waals surface area contributed by atoms with E-state index in [1.807, 2.05) is 53.7 Å². The SMILES string of the molecule is CC(C)(C)c1cc(CC(=O)Nc2ccccc2O)cc(C(C)(C)C)c1O. The fourth-order valence-corrected chi connectivity index (χ4v) is 2.90. The second-order valence-corrected chi connectivity index (χ2v) is 8.78. The van der Waals surface area contributed by atoms with E-state index in [1.165, 1.54) is 6.07 Å². The highest BCUT2D eigenvalue weighted by Crippen LogP contribution is 2.39. The summed E-state index contributed by atoms with van der Waals surface area (Å²) >= 11 is 0. The summed E-state index contributed by atoms with van der Waals surface area (Å²) in [5.74, 6) is 0.129. The molecule has 0 spiro atoms. The maximum Gasteiger partial charge on any atom is 0.228 e. The highest BCUT2D eigenvalue weighted by atomic mass is 16.3. The number of hydrogen-bond acceptors (Lipinski definition) is 3. The average Bonchev–Trinajstić information content (AvgIpc) is 2.49. The molecule has 2 aromatic rings. The van der Waals surface area contributed by atoms with Crippen LogP contribution in [0, 0.1) is 0 Å². The molecule has 0 atom stereocenters. The van der Waals surface area contributed by atoms with E-state index >= 15 is 0 Å². The van der Waals surface area contributed by atoms with E-state index in [4.69, 9.17) is 0 Å². The van der Waals surface area contributed by atoms with Gasteiger partial charge in [-0.2, -0.15) is 0 Å². The normalized spacial score (nSPS) is 12.1. The lowest BCUT2D eigenvalue weighted by Crippen LogP contribution is -2.20. The van der Waals surface area contributed by atoms with Gasteiger partial charge in [-0.1, -0.05) is 65.8 Å². The van der Waals surface area contributed by atoms with Crippen molar-refractivity contribution < 1.29 is 15.0 Å². The summed E-state index contributed by atoms with van der Waals surface area (Å²) in [5.41, 5.74) is 2.40. The molecule has 0 heterocycles. The number of hydrogen-bond donors (Lipinski definition) is 3. The highest BCUT2D eigenvalue weighted by Gasteiger charge is 2.26. The van der Waals surface area contributed by atoms with Gasteiger partial charge in [0.15, 0.2) is 0 Å². The maximum absolute atomic E-state index is 12.5. The number of nitrogens with one attached hydrogen (secondary N) is 1. The van der Waals surface area contributed by atoms with Crippen molar-refractivity contribution >= 4 is 11.6 Å². The molecule has 0 aliphatic heterocycles. The first-order chi connectivity index (χ1) is 11.9. The van der Waals surface area contributed by atoms with E-state index < -0.39 is 0 Å². The van der Waals surface area contributed by atoms with Crippen molar-refractivity contribution in [1.82, 2.24) is 0 Å². The summed E-state index contributed by atoms with van der Waals surface area (Å²) in [5, 5.41) is 23.3. The lowest BCUT2D eigenvalue weighted by Gasteiger charge is -2.28. The molecule has 0 aliphatic rings. The summed E-state index contributed by atoms with van der Waals surface area (Å²) in [6.07, 6.45) is 0.167. The molecule has 0 fully saturated rings. The molecule has 4 nitrogen and oxygen atoms in total. The van der Waals surface area contributed by atoms with Gasteiger partial charge in [0.1, 0.15) is 11.5 Å². The van der Waals surface area contributed by atoms with E-state index in [1.54, 1.807) is 18.2 Å². The number of rotatable bonds is 3. The summed E-state index contributed by atoms with van der Waals surface area (Å²) in [6, 6.07) is 10.4. The van der Waals surface area contributed by atoms with Crippen LogP contribution in [0.5, 0.6) is 11.5 Å². The van der Waals surface area contributed by atoms with Crippen LogP contribution in [0.25, 0.3) is 0 Å². The van der Waals surface area contributed by atoms with Gasteiger partial charge < -0.3 is 15.5 Å². The molecule has 0 bridgehead atoms. The number of aromatic hydroxyl groups is 2. The first kappa shape index (κ1) is 19.8. The van der Waals surface area contributed by atoms with Crippen LogP contribution in [0.2, 0.25) is 0 Å². The van der Waals surface area contributed by atoms with Crippen LogP contribution in [0.1, 0.15) is 58.2 Å². The van der Waals surface area contributed by atoms with Crippen molar-refractivity contribution in [2.75, 3.05) is 5.32 Å². The van der Waals surface area contributed by atoms with Crippen molar-refractivity contribution in [2.45, 2.75) is 58.8 Å². The number of anilines is 1. The Morgan fingerprint density at radius 2 is 1.42 bits per heavy atom. The molecule has 4 heteroatoms. The molecule has 140 valence electrons. The van der Waals surface area contributed by atoms with Crippen LogP contribution >= 0.6 is 0 Å². The topological polar surface area (TPSA) is 69.6 Å². The predicted octanol–water partition coefficient (Wildman–Crippen LogP) is 4.87. The second-order valence-electron chi connectivity index (χ2n) is 8.78. The first-order valence-electron chi connectivity index (χ1n) is 8.84. The number of amides is 1. The van der Waals surface area contributed by atoms with E-state index in [0.717, 1.165) is 16.7 Å². The number of carbonyl (C=O) groups excluding carboxylic acids is 1. The van der Waals surface area contributed by atoms with Crippen LogP contribution < -0.4 is 5.32 Å². The van der Waals surface area contributed by atoms with Crippen LogP contribution in [-0.4, -0.2) is 16.1 Å². The Hall–Kier alpha value is -2.49. The van der Waals surface area contributed by atoms with Crippen LogP contribution in [0.3, 0.4) is 0 Å². The van der Waals surface area contributed by atoms with E-state index in [9.17, 15) is 15.0 Å². The zero-order valence-electron chi connectivity index (χ0n) is 16.5. The quantitative estimate of drug-likeness (QED) is 0.688. The van der Waals surface area contributed by atoms with Crippen molar-refractivity contribution in [2.24, 2.45) is 0 Å². The minimum atomic E-state index is -0.242. The van der Waals surface area contributed by atoms with E-state index in [-0.39, 0.29) is 28.9 Å². The number of phenols is 2. The van der Waals surface area contributed by atoms with Crippen LogP contribution in [0.15, 0.2) is 36.4 Å². The molecule has 2 aromatic carbocycles. The van der Waals surface area contributed by atoms with E-state index in [0.29, 0.717) is 11.4 Å². The highest BCUT2D eigenvalue weighted by molar-refractivity contribution is 5.93. The third kappa shape index (κ3) is 4.57. The Kier molecular flexibility index (Phi) is 5.36. The second kappa shape index (κ2) is 7.02. The summed E-state index contributed by atoms with van der Waals surface area (Å²) in [7, 11) is 0. The van der Waals surface area contributed by atoms with Gasteiger partial charge in [-0.3, -0.25) is 4.79 Å². The van der Waals surface area contributed by atoms with Crippen molar-refractivity contribution in [3.8, 4) is 11.5 Å². The zero-order valence-corrected chi connectivity index (χ0v) is 16.5. The van der Waals surface area contributed by atoms with Crippen molar-refractivity contribution in [3.05, 3.63) is 53.1 Å². The summed E-state index contributed by atoms with van der Waals surface area (Å²) in [6.45, 7) is 12.3. The lowest BCUT2D eigenvalue weighted by molar-refractivity contribution is -0.115. The van der Waals surface area contributed by atoms with Crippen LogP contribution in [0.4, 0.5) is 5.69 Å². The molecule has 2 rings (SSSR count). The fourth-order valence-electron chi connectivity index (χ4n) is 2.90. The van der Waals surface area contributed by atoms with Gasteiger partial charge in [-0.25, -0.2) is 0 Å². The first-order valence-corrected chi connectivity index (χ1v) is 8.84. The number of benzene rings is 2. The molecule has 3 N–H and O–H groups in total. The summed E-state index contributed by atoms with van der Waals surface area (Å²) < 4.78 is 0. The van der Waals surface area contributed by atoms with Crippen LogP contribution in [-0.2, 0) is 22.0 Å². The Morgan fingerprint density at radius 1 is 0.923 bits per heavy atom. The summed E-state index contributed by atoms with van der Waals surface area (Å²) in [4.78, 5) is 12.5. The molecule has 26 heavy (non-hydrogen) atoms.